The van der Waals surface area contributed by atoms with Gasteiger partial charge in [0.25, 0.3) is 0 Å². The summed E-state index contributed by atoms with van der Waals surface area (Å²) in [6.45, 7) is 1.75. The van der Waals surface area contributed by atoms with Crippen molar-refractivity contribution in [2.45, 2.75) is 19.1 Å². The molecular weight excluding hydrogens is 297 g/mol. The Kier molecular flexibility index (Phi) is 3.92. The first kappa shape index (κ1) is 13.8. The highest BCUT2D eigenvalue weighted by molar-refractivity contribution is 6.35. The molecule has 0 spiro atoms. The summed E-state index contributed by atoms with van der Waals surface area (Å²) in [6.07, 6.45) is 2.55. The summed E-state index contributed by atoms with van der Waals surface area (Å²) in [5.41, 5.74) is 1.10. The molecule has 5 heteroatoms. The third kappa shape index (κ3) is 2.80. The largest absolute Gasteiger partial charge is 0.484 e. The van der Waals surface area contributed by atoms with E-state index < -0.39 is 0 Å². The highest BCUT2D eigenvalue weighted by atomic mass is 35.5. The summed E-state index contributed by atoms with van der Waals surface area (Å²) in [5, 5.41) is 1.13. The first-order chi connectivity index (χ1) is 9.63. The van der Waals surface area contributed by atoms with Crippen molar-refractivity contribution < 1.29 is 9.15 Å². The lowest BCUT2D eigenvalue weighted by molar-refractivity contribution is 0.183. The van der Waals surface area contributed by atoms with Crippen LogP contribution < -0.4 is 4.74 Å². The van der Waals surface area contributed by atoms with Crippen molar-refractivity contribution in [3.63, 3.8) is 0 Å². The second kappa shape index (κ2) is 5.68. The molecule has 0 amide bonds. The molecule has 3 nitrogen and oxygen atoms in total. The Hall–Kier alpha value is -1.16. The highest BCUT2D eigenvalue weighted by Crippen LogP contribution is 2.35. The van der Waals surface area contributed by atoms with E-state index in [4.69, 9.17) is 32.4 Å². The number of fused-ring (bicyclic) bond motifs is 1. The summed E-state index contributed by atoms with van der Waals surface area (Å²) in [5.74, 6) is 1.61. The predicted octanol–water partition coefficient (Wildman–Crippen LogP) is 4.54. The molecule has 0 radical (unpaired) electrons. The van der Waals surface area contributed by atoms with Crippen LogP contribution in [0.25, 0.3) is 0 Å². The molecule has 0 aliphatic carbocycles. The standard InChI is InChI=1S/C15H15Cl2NO2/c1-18-6-4-13(11-5-7-19-15(11)9-18)20-14-3-2-10(16)8-12(14)17/h2-3,5,7-8,13H,4,6,9H2,1H3. The van der Waals surface area contributed by atoms with E-state index >= 15 is 0 Å². The number of ether oxygens (including phenoxy) is 1. The van der Waals surface area contributed by atoms with Crippen LogP contribution in [0, 0.1) is 0 Å². The second-order valence-electron chi connectivity index (χ2n) is 5.01. The molecule has 0 N–H and O–H groups in total. The van der Waals surface area contributed by atoms with Crippen LogP contribution in [-0.4, -0.2) is 18.5 Å². The average Bonchev–Trinajstić information content (AvgIpc) is 2.79. The quantitative estimate of drug-likeness (QED) is 0.814. The molecule has 1 aliphatic heterocycles. The van der Waals surface area contributed by atoms with Crippen molar-refractivity contribution in [3.8, 4) is 5.75 Å². The van der Waals surface area contributed by atoms with Crippen LogP contribution >= 0.6 is 23.2 Å². The van der Waals surface area contributed by atoms with Crippen molar-refractivity contribution in [2.24, 2.45) is 0 Å². The van der Waals surface area contributed by atoms with Crippen LogP contribution in [0.5, 0.6) is 5.75 Å². The molecule has 0 bridgehead atoms. The molecule has 1 aromatic heterocycles. The Morgan fingerprint density at radius 1 is 1.30 bits per heavy atom. The van der Waals surface area contributed by atoms with Gasteiger partial charge in [-0.05, 0) is 31.3 Å². The first-order valence-corrected chi connectivity index (χ1v) is 7.25. The normalized spacial score (nSPS) is 19.4. The highest BCUT2D eigenvalue weighted by Gasteiger charge is 2.25. The van der Waals surface area contributed by atoms with Crippen LogP contribution in [0.15, 0.2) is 34.9 Å². The summed E-state index contributed by atoms with van der Waals surface area (Å²) >= 11 is 12.1. The molecule has 0 saturated heterocycles. The van der Waals surface area contributed by atoms with Crippen molar-refractivity contribution >= 4 is 23.2 Å². The molecule has 2 aromatic rings. The number of hydrogen-bond acceptors (Lipinski definition) is 3. The molecule has 2 heterocycles. The maximum atomic E-state index is 6.18. The smallest absolute Gasteiger partial charge is 0.138 e. The van der Waals surface area contributed by atoms with Gasteiger partial charge in [0.2, 0.25) is 0 Å². The minimum Gasteiger partial charge on any atom is -0.484 e. The Balaban J connectivity index is 1.87. The lowest BCUT2D eigenvalue weighted by atomic mass is 10.1. The van der Waals surface area contributed by atoms with E-state index in [2.05, 4.69) is 11.9 Å². The Bertz CT molecular complexity index is 612. The van der Waals surface area contributed by atoms with E-state index in [0.717, 1.165) is 30.8 Å². The van der Waals surface area contributed by atoms with E-state index in [1.807, 2.05) is 6.07 Å². The van der Waals surface area contributed by atoms with Crippen LogP contribution in [0.2, 0.25) is 10.0 Å². The zero-order valence-corrected chi connectivity index (χ0v) is 12.6. The molecule has 0 fully saturated rings. The fraction of sp³-hybridized carbons (Fsp3) is 0.333. The van der Waals surface area contributed by atoms with Gasteiger partial charge in [-0.15, -0.1) is 0 Å². The topological polar surface area (TPSA) is 25.6 Å². The third-order valence-corrected chi connectivity index (χ3v) is 4.01. The van der Waals surface area contributed by atoms with Crippen molar-refractivity contribution in [1.82, 2.24) is 4.90 Å². The number of halogens is 2. The molecule has 3 rings (SSSR count). The Labute approximate surface area is 128 Å². The number of rotatable bonds is 2. The van der Waals surface area contributed by atoms with Gasteiger partial charge in [-0.2, -0.15) is 0 Å². The number of hydrogen-bond donors (Lipinski definition) is 0. The summed E-state index contributed by atoms with van der Waals surface area (Å²) in [7, 11) is 2.07. The van der Waals surface area contributed by atoms with Crippen LogP contribution in [0.1, 0.15) is 23.8 Å². The Morgan fingerprint density at radius 2 is 2.15 bits per heavy atom. The van der Waals surface area contributed by atoms with E-state index in [1.165, 1.54) is 0 Å². The van der Waals surface area contributed by atoms with Gasteiger partial charge in [-0.3, -0.25) is 4.90 Å². The lowest BCUT2D eigenvalue weighted by Gasteiger charge is -2.18. The fourth-order valence-electron chi connectivity index (χ4n) is 2.43. The van der Waals surface area contributed by atoms with E-state index in [0.29, 0.717) is 15.8 Å². The first-order valence-electron chi connectivity index (χ1n) is 6.50. The van der Waals surface area contributed by atoms with E-state index in [-0.39, 0.29) is 6.10 Å². The van der Waals surface area contributed by atoms with Gasteiger partial charge in [0.15, 0.2) is 0 Å². The van der Waals surface area contributed by atoms with Gasteiger partial charge < -0.3 is 9.15 Å². The summed E-state index contributed by atoms with van der Waals surface area (Å²) in [6, 6.07) is 7.25. The lowest BCUT2D eigenvalue weighted by Crippen LogP contribution is -2.18. The minimum atomic E-state index is -0.0487. The maximum absolute atomic E-state index is 6.18. The zero-order chi connectivity index (χ0) is 14.1. The predicted molar refractivity (Wildman–Crippen MR) is 79.5 cm³/mol. The molecule has 106 valence electrons. The van der Waals surface area contributed by atoms with E-state index in [1.54, 1.807) is 24.5 Å². The van der Waals surface area contributed by atoms with Gasteiger partial charge in [0, 0.05) is 23.6 Å². The number of furan rings is 1. The monoisotopic (exact) mass is 311 g/mol. The summed E-state index contributed by atoms with van der Waals surface area (Å²) in [4.78, 5) is 2.22. The maximum Gasteiger partial charge on any atom is 0.138 e. The van der Waals surface area contributed by atoms with Crippen LogP contribution in [0.3, 0.4) is 0 Å². The number of benzene rings is 1. The van der Waals surface area contributed by atoms with Gasteiger partial charge in [0.05, 0.1) is 17.8 Å². The molecular formula is C15H15Cl2NO2. The summed E-state index contributed by atoms with van der Waals surface area (Å²) < 4.78 is 11.6. The molecule has 1 atom stereocenters. The van der Waals surface area contributed by atoms with Crippen molar-refractivity contribution in [2.75, 3.05) is 13.6 Å². The van der Waals surface area contributed by atoms with Crippen LogP contribution in [-0.2, 0) is 6.54 Å². The van der Waals surface area contributed by atoms with Gasteiger partial charge in [-0.25, -0.2) is 0 Å². The van der Waals surface area contributed by atoms with Crippen molar-refractivity contribution in [1.29, 1.82) is 0 Å². The number of nitrogens with zero attached hydrogens (tertiary/aromatic N) is 1. The minimum absolute atomic E-state index is 0.0487. The van der Waals surface area contributed by atoms with Crippen LogP contribution in [0.4, 0.5) is 0 Å². The van der Waals surface area contributed by atoms with Crippen molar-refractivity contribution in [3.05, 3.63) is 51.9 Å². The third-order valence-electron chi connectivity index (χ3n) is 3.48. The molecule has 20 heavy (non-hydrogen) atoms. The molecule has 1 aromatic carbocycles. The van der Waals surface area contributed by atoms with E-state index in [9.17, 15) is 0 Å². The molecule has 1 unspecified atom stereocenters. The molecule has 0 saturated carbocycles. The second-order valence-corrected chi connectivity index (χ2v) is 5.85. The zero-order valence-electron chi connectivity index (χ0n) is 11.1. The van der Waals surface area contributed by atoms with Gasteiger partial charge >= 0.3 is 0 Å². The molecule has 1 aliphatic rings. The SMILES string of the molecule is CN1CCC(Oc2ccc(Cl)cc2Cl)c2ccoc2C1. The Morgan fingerprint density at radius 3 is 2.95 bits per heavy atom. The average molecular weight is 312 g/mol. The van der Waals surface area contributed by atoms with Gasteiger partial charge in [0.1, 0.15) is 17.6 Å². The fourth-order valence-corrected chi connectivity index (χ4v) is 2.88. The van der Waals surface area contributed by atoms with Gasteiger partial charge in [-0.1, -0.05) is 23.2 Å².